The van der Waals surface area contributed by atoms with Gasteiger partial charge in [-0.1, -0.05) is 272 Å². The first-order valence-electron chi connectivity index (χ1n) is 29.0. The Morgan fingerprint density at radius 2 is 0.754 bits per heavy atom. The van der Waals surface area contributed by atoms with Crippen LogP contribution in [0.3, 0.4) is 0 Å². The summed E-state index contributed by atoms with van der Waals surface area (Å²) in [5.41, 5.74) is 6.49. The molecule has 0 spiro atoms. The Morgan fingerprint density at radius 3 is 1.01 bits per heavy atom. The van der Waals surface area contributed by atoms with E-state index >= 15 is 0 Å². The van der Waals surface area contributed by atoms with E-state index in [9.17, 15) is 18.0 Å². The van der Waals surface area contributed by atoms with Crippen molar-refractivity contribution < 1.29 is 36.8 Å². The van der Waals surface area contributed by atoms with Gasteiger partial charge in [-0.25, -0.2) is 0 Å². The third-order valence-electron chi connectivity index (χ3n) is 13.3. The lowest BCUT2D eigenvalue weighted by Crippen LogP contribution is -2.42. The van der Waals surface area contributed by atoms with Gasteiger partial charge < -0.3 is 20.3 Å². The fourth-order valence-electron chi connectivity index (χ4n) is 8.87. The molecule has 0 fully saturated rings. The van der Waals surface area contributed by atoms with Crippen molar-refractivity contribution in [1.29, 1.82) is 0 Å². The quantitative estimate of drug-likeness (QED) is 0.0282. The van der Waals surface area contributed by atoms with Crippen LogP contribution in [0.25, 0.3) is 0 Å². The first-order chi connectivity index (χ1) is 33.2. The highest BCUT2D eigenvalue weighted by Gasteiger charge is 2.34. The summed E-state index contributed by atoms with van der Waals surface area (Å²) in [6, 6.07) is 4.02. The van der Waals surface area contributed by atoms with E-state index in [1.807, 2.05) is 20.8 Å². The summed E-state index contributed by atoms with van der Waals surface area (Å²) in [5, 5.41) is 7.57. The van der Waals surface area contributed by atoms with E-state index in [-0.39, 0.29) is 36.9 Å². The predicted molar refractivity (Wildman–Crippen MR) is 293 cm³/mol. The number of aliphatic hydroxyl groups excluding tert-OH is 1. The fraction of sp³-hybridized carbons (Fsp3) is 0.864. The first kappa shape index (κ1) is 67.0. The summed E-state index contributed by atoms with van der Waals surface area (Å²) in [5.74, 6) is -0.609. The summed E-state index contributed by atoms with van der Waals surface area (Å²) in [7, 11) is -3.88. The van der Waals surface area contributed by atoms with E-state index < -0.39 is 33.6 Å². The van der Waals surface area contributed by atoms with Gasteiger partial charge in [0.05, 0.1) is 6.26 Å². The molecule has 2 unspecified atom stereocenters. The molecule has 0 aliphatic carbocycles. The second-order valence-electron chi connectivity index (χ2n) is 21.3. The fourth-order valence-corrected chi connectivity index (χ4v) is 9.48. The van der Waals surface area contributed by atoms with Gasteiger partial charge in [0.25, 0.3) is 10.1 Å². The molecule has 0 saturated carbocycles. The maximum atomic E-state index is 13.2. The number of unbranched alkanes of at least 4 members (excludes halogenated alkanes) is 36. The lowest BCUT2D eigenvalue weighted by atomic mass is 9.82. The van der Waals surface area contributed by atoms with Gasteiger partial charge in [-0.3, -0.25) is 13.8 Å². The highest BCUT2D eigenvalue weighted by atomic mass is 32.2. The molecule has 10 heteroatoms. The van der Waals surface area contributed by atoms with Crippen LogP contribution in [-0.2, 0) is 23.9 Å². The number of ether oxygens (including phenoxy) is 2. The summed E-state index contributed by atoms with van der Waals surface area (Å²) in [6.45, 7) is 12.2. The molecular weight excluding hydrogens is 883 g/mol. The van der Waals surface area contributed by atoms with Crippen molar-refractivity contribution in [2.75, 3.05) is 12.9 Å². The number of carbonyl (C=O) groups excluding carboxylic acids is 2. The van der Waals surface area contributed by atoms with Crippen LogP contribution in [0.4, 0.5) is 0 Å². The number of carbonyl (C=O) groups is 2. The molecule has 1 aromatic rings. The first-order valence-corrected chi connectivity index (χ1v) is 30.8. The predicted octanol–water partition coefficient (Wildman–Crippen LogP) is 17.5. The molecule has 0 aliphatic heterocycles. The zero-order valence-corrected chi connectivity index (χ0v) is 47.0. The number of aliphatic hydroxyl groups is 1. The average Bonchev–Trinajstić information content (AvgIpc) is 3.29. The summed E-state index contributed by atoms with van der Waals surface area (Å²) in [6.07, 6.45) is 49.3. The topological polar surface area (TPSA) is 142 Å². The summed E-state index contributed by atoms with van der Waals surface area (Å²) >= 11 is 0. The third-order valence-corrected chi connectivity index (χ3v) is 13.9. The number of benzene rings is 1. The van der Waals surface area contributed by atoms with Gasteiger partial charge in [-0.05, 0) is 42.9 Å². The van der Waals surface area contributed by atoms with Gasteiger partial charge in [-0.15, -0.1) is 0 Å². The van der Waals surface area contributed by atoms with E-state index in [2.05, 4.69) is 13.8 Å². The molecule has 406 valence electrons. The number of hydrogen-bond donors (Lipinski definition) is 2. The minimum Gasteiger partial charge on any atom is -0.423 e. The third kappa shape index (κ3) is 42.2. The van der Waals surface area contributed by atoms with Crippen molar-refractivity contribution >= 4 is 22.1 Å². The van der Waals surface area contributed by atoms with Crippen molar-refractivity contribution in [3.63, 3.8) is 0 Å². The molecule has 1 aromatic carbocycles. The van der Waals surface area contributed by atoms with Gasteiger partial charge >= 0.3 is 11.9 Å². The minimum atomic E-state index is -3.88. The van der Waals surface area contributed by atoms with Crippen LogP contribution in [-0.4, -0.2) is 44.4 Å². The average molecular weight is 995 g/mol. The molecule has 1 rings (SSSR count). The Balaban J connectivity index is 0.0000150. The number of rotatable bonds is 46. The van der Waals surface area contributed by atoms with Crippen LogP contribution in [0, 0.1) is 5.41 Å². The second-order valence-corrected chi connectivity index (χ2v) is 22.9. The van der Waals surface area contributed by atoms with Crippen molar-refractivity contribution in [2.45, 2.75) is 311 Å². The van der Waals surface area contributed by atoms with Crippen molar-refractivity contribution in [3.05, 3.63) is 23.8 Å². The normalized spacial score (nSPS) is 12.7. The highest BCUT2D eigenvalue weighted by molar-refractivity contribution is 7.86. The molecule has 69 heavy (non-hydrogen) atoms. The molecule has 0 bridgehead atoms. The molecule has 0 amide bonds. The van der Waals surface area contributed by atoms with Gasteiger partial charge in [-0.2, -0.15) is 8.42 Å². The van der Waals surface area contributed by atoms with Crippen LogP contribution in [0.15, 0.2) is 18.2 Å². The Labute approximate surface area is 426 Å². The molecule has 9 nitrogen and oxygen atoms in total. The van der Waals surface area contributed by atoms with Crippen molar-refractivity contribution in [1.82, 2.24) is 0 Å². The molecule has 0 heterocycles. The number of esters is 2. The zero-order chi connectivity index (χ0) is 51.3. The maximum Gasteiger partial charge on any atom is 0.311 e. The van der Waals surface area contributed by atoms with Crippen molar-refractivity contribution in [2.24, 2.45) is 11.1 Å². The minimum absolute atomic E-state index is 0.0695. The Kier molecular flexibility index (Phi) is 44.5. The molecular formula is C59H111NO8S. The van der Waals surface area contributed by atoms with E-state index in [0.717, 1.165) is 38.4 Å². The van der Waals surface area contributed by atoms with E-state index in [1.54, 1.807) is 19.1 Å². The Bertz CT molecular complexity index is 1440. The maximum absolute atomic E-state index is 13.2. The molecule has 0 saturated heterocycles. The van der Waals surface area contributed by atoms with Crippen molar-refractivity contribution in [3.8, 4) is 11.5 Å². The van der Waals surface area contributed by atoms with E-state index in [4.69, 9.17) is 24.5 Å². The van der Waals surface area contributed by atoms with Crippen LogP contribution >= 0.6 is 0 Å². The Morgan fingerprint density at radius 1 is 0.493 bits per heavy atom. The summed E-state index contributed by atoms with van der Waals surface area (Å²) in [4.78, 5) is 26.2. The van der Waals surface area contributed by atoms with Crippen LogP contribution < -0.4 is 15.2 Å². The van der Waals surface area contributed by atoms with Crippen LogP contribution in [0.1, 0.15) is 310 Å². The summed E-state index contributed by atoms with van der Waals surface area (Å²) < 4.78 is 41.8. The SMILES string of the molecule is CCCCCCCCCCCCCCCCCCCCCC(=O)Oc1ccc(C(OS(C)(=O)=O)C(N)C(C)(C)C)cc1OC(=O)CCCCCCCCCCCCCCCCCCCCC.CCO. The smallest absolute Gasteiger partial charge is 0.311 e. The standard InChI is InChI=1S/C57H105NO7S.C2H6O/c1-7-9-11-13-15-17-19-21-23-25-27-29-31-33-35-37-39-41-43-45-53(59)63-51-48-47-50(55(65-66(6,61)62)56(58)57(3,4)5)49-52(51)64-54(60)46-44-42-40-38-36-34-32-30-28-26-24-22-20-18-16-14-12-10-8-2;1-2-3/h47-49,55-56H,7-46,58H2,1-6H3;3H,2H2,1H3. The molecule has 0 radical (unpaired) electrons. The second kappa shape index (κ2) is 45.8. The molecule has 3 N–H and O–H groups in total. The largest absolute Gasteiger partial charge is 0.423 e. The van der Waals surface area contributed by atoms with Gasteiger partial charge in [0.15, 0.2) is 11.5 Å². The van der Waals surface area contributed by atoms with Gasteiger partial charge in [0.1, 0.15) is 6.10 Å². The highest BCUT2D eigenvalue weighted by Crippen LogP contribution is 2.38. The number of nitrogens with two attached hydrogens (primary N) is 1. The number of hydrogen-bond acceptors (Lipinski definition) is 9. The van der Waals surface area contributed by atoms with Crippen LogP contribution in [0.2, 0.25) is 0 Å². The lowest BCUT2D eigenvalue weighted by Gasteiger charge is -2.33. The monoisotopic (exact) mass is 994 g/mol. The van der Waals surface area contributed by atoms with Crippen LogP contribution in [0.5, 0.6) is 11.5 Å². The van der Waals surface area contributed by atoms with E-state index in [1.165, 1.54) is 212 Å². The lowest BCUT2D eigenvalue weighted by molar-refractivity contribution is -0.137. The van der Waals surface area contributed by atoms with Gasteiger partial charge in [0.2, 0.25) is 0 Å². The molecule has 0 aliphatic rings. The zero-order valence-electron chi connectivity index (χ0n) is 46.2. The molecule has 0 aromatic heterocycles. The van der Waals surface area contributed by atoms with E-state index in [0.29, 0.717) is 12.0 Å². The van der Waals surface area contributed by atoms with Gasteiger partial charge in [0, 0.05) is 25.5 Å². The Hall–Kier alpha value is -2.01. The molecule has 2 atom stereocenters.